The molecular weight excluding hydrogens is 222 g/mol. The minimum Gasteiger partial charge on any atom is -0.326 e. The van der Waals surface area contributed by atoms with Crippen LogP contribution in [-0.4, -0.2) is 29.0 Å². The Labute approximate surface area is 110 Å². The third kappa shape index (κ3) is 3.53. The van der Waals surface area contributed by atoms with Crippen LogP contribution in [0.15, 0.2) is 24.5 Å². The number of aromatic nitrogens is 1. The smallest absolute Gasteiger partial charge is 0.0511 e. The molecule has 2 unspecified atom stereocenters. The van der Waals surface area contributed by atoms with Gasteiger partial charge in [0.15, 0.2) is 0 Å². The second-order valence-electron chi connectivity index (χ2n) is 5.39. The van der Waals surface area contributed by atoms with E-state index in [1.807, 2.05) is 18.5 Å². The fraction of sp³-hybridized carbons (Fsp3) is 0.667. The second-order valence-corrected chi connectivity index (χ2v) is 5.39. The van der Waals surface area contributed by atoms with Crippen LogP contribution in [0, 0.1) is 0 Å². The molecule has 0 amide bonds. The van der Waals surface area contributed by atoms with E-state index in [0.29, 0.717) is 6.04 Å². The zero-order valence-corrected chi connectivity index (χ0v) is 11.4. The van der Waals surface area contributed by atoms with Gasteiger partial charge in [-0.3, -0.25) is 9.88 Å². The molecule has 0 aliphatic carbocycles. The quantitative estimate of drug-likeness (QED) is 0.893. The third-order valence-corrected chi connectivity index (χ3v) is 3.81. The van der Waals surface area contributed by atoms with E-state index in [4.69, 9.17) is 5.73 Å². The van der Waals surface area contributed by atoms with Gasteiger partial charge in [-0.2, -0.15) is 0 Å². The van der Waals surface area contributed by atoms with Crippen molar-refractivity contribution in [1.29, 1.82) is 0 Å². The Balaban J connectivity index is 2.13. The summed E-state index contributed by atoms with van der Waals surface area (Å²) in [5.74, 6) is 0. The molecule has 1 aromatic rings. The standard InChI is InChI=1S/C15H25N3/c1-13(16)15(14-8-7-9-17-12-14)18-10-5-3-2-4-6-11-18/h7-9,12-13,15H,2-6,10-11,16H2,1H3. The predicted octanol–water partition coefficient (Wildman–Crippen LogP) is 2.74. The lowest BCUT2D eigenvalue weighted by Gasteiger charge is -2.35. The SMILES string of the molecule is CC(N)C(c1cccnc1)N1CCCCCCC1. The molecule has 1 aliphatic heterocycles. The molecule has 100 valence electrons. The maximum Gasteiger partial charge on any atom is 0.0511 e. The average Bonchev–Trinajstić information content (AvgIpc) is 2.33. The Morgan fingerprint density at radius 3 is 2.39 bits per heavy atom. The molecule has 0 saturated carbocycles. The van der Waals surface area contributed by atoms with Crippen molar-refractivity contribution in [3.8, 4) is 0 Å². The highest BCUT2D eigenvalue weighted by atomic mass is 15.2. The molecule has 1 aromatic heterocycles. The Kier molecular flexibility index (Phi) is 5.14. The second kappa shape index (κ2) is 6.86. The van der Waals surface area contributed by atoms with E-state index in [0.717, 1.165) is 0 Å². The first kappa shape index (κ1) is 13.5. The van der Waals surface area contributed by atoms with Gasteiger partial charge in [0.25, 0.3) is 0 Å². The van der Waals surface area contributed by atoms with Crippen LogP contribution in [0.5, 0.6) is 0 Å². The topological polar surface area (TPSA) is 42.1 Å². The lowest BCUT2D eigenvalue weighted by molar-refractivity contribution is 0.161. The highest BCUT2D eigenvalue weighted by Crippen LogP contribution is 2.25. The summed E-state index contributed by atoms with van der Waals surface area (Å²) in [6.07, 6.45) is 10.5. The number of hydrogen-bond acceptors (Lipinski definition) is 3. The van der Waals surface area contributed by atoms with E-state index >= 15 is 0 Å². The monoisotopic (exact) mass is 247 g/mol. The molecule has 0 spiro atoms. The molecular formula is C15H25N3. The summed E-state index contributed by atoms with van der Waals surface area (Å²) in [6.45, 7) is 4.44. The van der Waals surface area contributed by atoms with Crippen molar-refractivity contribution in [3.05, 3.63) is 30.1 Å². The summed E-state index contributed by atoms with van der Waals surface area (Å²) >= 11 is 0. The van der Waals surface area contributed by atoms with Gasteiger partial charge >= 0.3 is 0 Å². The van der Waals surface area contributed by atoms with Gasteiger partial charge in [0.2, 0.25) is 0 Å². The highest BCUT2D eigenvalue weighted by molar-refractivity contribution is 5.16. The summed E-state index contributed by atoms with van der Waals surface area (Å²) in [7, 11) is 0. The van der Waals surface area contributed by atoms with Crippen molar-refractivity contribution < 1.29 is 0 Å². The minimum absolute atomic E-state index is 0.147. The first-order valence-corrected chi connectivity index (χ1v) is 7.18. The van der Waals surface area contributed by atoms with Crippen LogP contribution in [0.2, 0.25) is 0 Å². The number of likely N-dealkylation sites (tertiary alicyclic amines) is 1. The van der Waals surface area contributed by atoms with E-state index in [2.05, 4.69) is 22.9 Å². The first-order valence-electron chi connectivity index (χ1n) is 7.18. The summed E-state index contributed by atoms with van der Waals surface area (Å²) in [6, 6.07) is 4.62. The van der Waals surface area contributed by atoms with Gasteiger partial charge in [-0.1, -0.05) is 25.3 Å². The zero-order valence-electron chi connectivity index (χ0n) is 11.4. The Morgan fingerprint density at radius 1 is 1.17 bits per heavy atom. The van der Waals surface area contributed by atoms with Crippen molar-refractivity contribution >= 4 is 0 Å². The molecule has 1 saturated heterocycles. The molecule has 0 radical (unpaired) electrons. The molecule has 1 fully saturated rings. The molecule has 2 N–H and O–H groups in total. The Morgan fingerprint density at radius 2 is 1.83 bits per heavy atom. The summed E-state index contributed by atoms with van der Waals surface area (Å²) in [5, 5.41) is 0. The van der Waals surface area contributed by atoms with Crippen LogP contribution in [-0.2, 0) is 0 Å². The molecule has 2 atom stereocenters. The molecule has 18 heavy (non-hydrogen) atoms. The predicted molar refractivity (Wildman–Crippen MR) is 75.3 cm³/mol. The molecule has 3 nitrogen and oxygen atoms in total. The van der Waals surface area contributed by atoms with Crippen LogP contribution >= 0.6 is 0 Å². The van der Waals surface area contributed by atoms with E-state index < -0.39 is 0 Å². The van der Waals surface area contributed by atoms with E-state index in [-0.39, 0.29) is 6.04 Å². The summed E-state index contributed by atoms with van der Waals surface area (Å²) < 4.78 is 0. The zero-order chi connectivity index (χ0) is 12.8. The number of nitrogens with two attached hydrogens (primary N) is 1. The van der Waals surface area contributed by atoms with Crippen molar-refractivity contribution in [3.63, 3.8) is 0 Å². The van der Waals surface area contributed by atoms with Crippen molar-refractivity contribution in [2.45, 2.75) is 51.1 Å². The Hall–Kier alpha value is -0.930. The van der Waals surface area contributed by atoms with Crippen molar-refractivity contribution in [2.75, 3.05) is 13.1 Å². The van der Waals surface area contributed by atoms with Crippen LogP contribution in [0.4, 0.5) is 0 Å². The van der Waals surface area contributed by atoms with Crippen LogP contribution in [0.3, 0.4) is 0 Å². The first-order chi connectivity index (χ1) is 8.79. The van der Waals surface area contributed by atoms with Gasteiger partial charge in [0.1, 0.15) is 0 Å². The molecule has 3 heteroatoms. The normalized spacial score (nSPS) is 21.9. The fourth-order valence-electron chi connectivity index (χ4n) is 2.95. The molecule has 0 aromatic carbocycles. The minimum atomic E-state index is 0.147. The number of nitrogens with zero attached hydrogens (tertiary/aromatic N) is 2. The maximum absolute atomic E-state index is 6.22. The molecule has 0 bridgehead atoms. The fourth-order valence-corrected chi connectivity index (χ4v) is 2.95. The summed E-state index contributed by atoms with van der Waals surface area (Å²) in [5.41, 5.74) is 7.48. The molecule has 2 heterocycles. The highest BCUT2D eigenvalue weighted by Gasteiger charge is 2.24. The lowest BCUT2D eigenvalue weighted by Crippen LogP contribution is -2.41. The molecule has 1 aliphatic rings. The summed E-state index contributed by atoms with van der Waals surface area (Å²) in [4.78, 5) is 6.80. The van der Waals surface area contributed by atoms with Crippen LogP contribution < -0.4 is 5.73 Å². The third-order valence-electron chi connectivity index (χ3n) is 3.81. The maximum atomic E-state index is 6.22. The van der Waals surface area contributed by atoms with Gasteiger partial charge in [-0.15, -0.1) is 0 Å². The van der Waals surface area contributed by atoms with E-state index in [9.17, 15) is 0 Å². The number of rotatable bonds is 3. The van der Waals surface area contributed by atoms with E-state index in [1.165, 1.54) is 50.8 Å². The van der Waals surface area contributed by atoms with Gasteiger partial charge in [0, 0.05) is 18.4 Å². The van der Waals surface area contributed by atoms with Gasteiger partial charge in [-0.25, -0.2) is 0 Å². The van der Waals surface area contributed by atoms with Gasteiger partial charge < -0.3 is 5.73 Å². The van der Waals surface area contributed by atoms with Crippen molar-refractivity contribution in [2.24, 2.45) is 5.73 Å². The molecule has 2 rings (SSSR count). The van der Waals surface area contributed by atoms with Gasteiger partial charge in [-0.05, 0) is 44.5 Å². The van der Waals surface area contributed by atoms with Crippen LogP contribution in [0.25, 0.3) is 0 Å². The largest absolute Gasteiger partial charge is 0.326 e. The van der Waals surface area contributed by atoms with Crippen LogP contribution in [0.1, 0.15) is 50.6 Å². The van der Waals surface area contributed by atoms with Gasteiger partial charge in [0.05, 0.1) is 6.04 Å². The lowest BCUT2D eigenvalue weighted by atomic mass is 9.98. The number of hydrogen-bond donors (Lipinski definition) is 1. The Bertz CT molecular complexity index is 329. The van der Waals surface area contributed by atoms with E-state index in [1.54, 1.807) is 0 Å². The number of pyridine rings is 1. The van der Waals surface area contributed by atoms with Crippen molar-refractivity contribution in [1.82, 2.24) is 9.88 Å². The average molecular weight is 247 g/mol.